The Morgan fingerprint density at radius 3 is 2.02 bits per heavy atom. The number of benzene rings is 3. The number of imidazole rings is 1. The third kappa shape index (κ3) is 10.5. The molecule has 14 nitrogen and oxygen atoms in total. The molecule has 308 valence electrons. The molecule has 2 aromatic heterocycles. The van der Waals surface area contributed by atoms with E-state index in [1.807, 2.05) is 78.9 Å². The molecule has 5 aromatic rings. The van der Waals surface area contributed by atoms with E-state index < -0.39 is 25.8 Å². The molecule has 0 bridgehead atoms. The molecule has 0 spiro atoms. The van der Waals surface area contributed by atoms with Gasteiger partial charge in [-0.15, -0.1) is 0 Å². The van der Waals surface area contributed by atoms with Gasteiger partial charge in [0.25, 0.3) is 14.1 Å². The summed E-state index contributed by atoms with van der Waals surface area (Å²) in [5.41, 5.74) is 1.54. The highest BCUT2D eigenvalue weighted by Crippen LogP contribution is 2.48. The topological polar surface area (TPSA) is 166 Å². The van der Waals surface area contributed by atoms with Crippen LogP contribution in [0.1, 0.15) is 71.1 Å². The Hall–Kier alpha value is -5.16. The summed E-state index contributed by atoms with van der Waals surface area (Å²) in [4.78, 5) is 37.3. The molecule has 0 aliphatic heterocycles. The number of nitrogens with zero attached hydrogens (tertiary/aromatic N) is 5. The van der Waals surface area contributed by atoms with E-state index in [0.29, 0.717) is 17.9 Å². The van der Waals surface area contributed by atoms with Crippen LogP contribution in [0.25, 0.3) is 11.2 Å². The van der Waals surface area contributed by atoms with Gasteiger partial charge in [0.1, 0.15) is 17.1 Å². The second-order valence-electron chi connectivity index (χ2n) is 14.5. The molecule has 3 aromatic carbocycles. The summed E-state index contributed by atoms with van der Waals surface area (Å²) in [6.45, 7) is 12.4. The highest BCUT2D eigenvalue weighted by atomic mass is 31.2. The quantitative estimate of drug-likeness (QED) is 0.0422. The van der Waals surface area contributed by atoms with Gasteiger partial charge in [-0.2, -0.15) is 10.2 Å². The average molecular weight is 812 g/mol. The van der Waals surface area contributed by atoms with Crippen LogP contribution in [-0.4, -0.2) is 75.7 Å². The van der Waals surface area contributed by atoms with Crippen molar-refractivity contribution in [2.24, 2.45) is 5.92 Å². The number of H-pyrrole nitrogens is 1. The average Bonchev–Trinajstić information content (AvgIpc) is 3.62. The number of hydrogen-bond donors (Lipinski definition) is 2. The molecule has 5 rings (SSSR count). The molecule has 15 heteroatoms. The van der Waals surface area contributed by atoms with Crippen molar-refractivity contribution in [2.45, 2.75) is 84.7 Å². The van der Waals surface area contributed by atoms with E-state index in [1.165, 1.54) is 0 Å². The lowest BCUT2D eigenvalue weighted by molar-refractivity contribution is -0.118. The third-order valence-electron chi connectivity index (χ3n) is 9.47. The lowest BCUT2D eigenvalue weighted by atomic mass is 9.80. The normalized spacial score (nSPS) is 12.9. The van der Waals surface area contributed by atoms with Crippen LogP contribution in [-0.2, 0) is 30.7 Å². The summed E-state index contributed by atoms with van der Waals surface area (Å²) in [6.07, 6.45) is 1.54. The Morgan fingerprint density at radius 1 is 0.897 bits per heavy atom. The van der Waals surface area contributed by atoms with Crippen LogP contribution in [0.5, 0.6) is 11.5 Å². The first-order valence-corrected chi connectivity index (χ1v) is 20.5. The Bertz CT molecular complexity index is 2110. The second kappa shape index (κ2) is 20.5. The molecule has 2 N–H and O–H groups in total. The lowest BCUT2D eigenvalue weighted by Crippen LogP contribution is -2.36. The van der Waals surface area contributed by atoms with Gasteiger partial charge in [0, 0.05) is 18.0 Å². The Kier molecular flexibility index (Phi) is 15.5. The molecular weight excluding hydrogens is 757 g/mol. The summed E-state index contributed by atoms with van der Waals surface area (Å²) in [7, 11) is 1.59. The predicted molar refractivity (Wildman–Crippen MR) is 225 cm³/mol. The number of fused-ring (bicyclic) bond motifs is 1. The van der Waals surface area contributed by atoms with Crippen molar-refractivity contribution in [3.8, 4) is 17.6 Å². The molecule has 2 atom stereocenters. The first-order valence-electron chi connectivity index (χ1n) is 19.4. The highest BCUT2D eigenvalue weighted by Gasteiger charge is 2.39. The van der Waals surface area contributed by atoms with Gasteiger partial charge < -0.3 is 27.8 Å². The van der Waals surface area contributed by atoms with E-state index >= 15 is 0 Å². The summed E-state index contributed by atoms with van der Waals surface area (Å²) in [5.74, 6) is 0.840. The third-order valence-corrected chi connectivity index (χ3v) is 11.7. The second-order valence-corrected chi connectivity index (χ2v) is 15.9. The zero-order valence-electron chi connectivity index (χ0n) is 34.5. The van der Waals surface area contributed by atoms with Crippen molar-refractivity contribution >= 4 is 31.5 Å². The Balaban J connectivity index is 1.58. The Labute approximate surface area is 341 Å². The number of aromatic amines is 1. The number of carbonyl (C=O) groups excluding carboxylic acids is 1. The van der Waals surface area contributed by atoms with Crippen LogP contribution >= 0.6 is 8.53 Å². The van der Waals surface area contributed by atoms with Crippen molar-refractivity contribution in [1.82, 2.24) is 24.2 Å². The predicted octanol–water partition coefficient (Wildman–Crippen LogP) is 7.79. The lowest BCUT2D eigenvalue weighted by Gasteiger charge is -2.38. The number of nitriles is 1. The zero-order valence-corrected chi connectivity index (χ0v) is 35.4. The molecule has 0 aliphatic carbocycles. The maximum absolute atomic E-state index is 13.1. The molecule has 58 heavy (non-hydrogen) atoms. The van der Waals surface area contributed by atoms with Crippen LogP contribution in [0.4, 0.5) is 5.95 Å². The van der Waals surface area contributed by atoms with E-state index in [1.54, 1.807) is 39.0 Å². The summed E-state index contributed by atoms with van der Waals surface area (Å²) in [5, 5.41) is 12.1. The minimum atomic E-state index is -1.68. The van der Waals surface area contributed by atoms with E-state index in [0.717, 1.165) is 16.7 Å². The van der Waals surface area contributed by atoms with Gasteiger partial charge >= 0.3 is 0 Å². The first kappa shape index (κ1) is 44.0. The first-order chi connectivity index (χ1) is 27.9. The highest BCUT2D eigenvalue weighted by molar-refractivity contribution is 7.44. The number of rotatable bonds is 21. The molecule has 0 saturated heterocycles. The van der Waals surface area contributed by atoms with Gasteiger partial charge in [-0.1, -0.05) is 68.4 Å². The molecule has 0 aliphatic rings. The van der Waals surface area contributed by atoms with Crippen LogP contribution in [0.15, 0.2) is 90.0 Å². The van der Waals surface area contributed by atoms with Gasteiger partial charge in [-0.05, 0) is 75.1 Å². The number of hydrogen-bond acceptors (Lipinski definition) is 11. The number of carbonyl (C=O) groups is 1. The molecule has 1 unspecified atom stereocenters. The molecule has 0 fully saturated rings. The van der Waals surface area contributed by atoms with E-state index in [4.69, 9.17) is 23.3 Å². The van der Waals surface area contributed by atoms with E-state index in [-0.39, 0.29) is 67.2 Å². The largest absolute Gasteiger partial charge is 0.497 e. The fraction of sp³-hybridized carbons (Fsp3) is 0.419. The van der Waals surface area contributed by atoms with Crippen molar-refractivity contribution in [3.05, 3.63) is 112 Å². The standard InChI is InChI=1S/C43H54N7O7P/c1-29(2)40(51)47-42-46-39-38(41(52)48-42)45-28-49(39)27-37(57-58(56-25-12-24-44)50(30(3)4)31(5)6)23-26-55-43(32-13-10-9-11-14-32,33-15-19-35(53-7)20-16-33)34-17-21-36(54-8)22-18-34/h9-11,13-22,28-31,37H,12,23,25-27H2,1-8H3,(H2,46,47,48,51,52)/t37-,58?/m0/s1. The number of anilines is 1. The monoisotopic (exact) mass is 811 g/mol. The number of methoxy groups -OCH3 is 2. The van der Waals surface area contributed by atoms with Crippen LogP contribution in [0, 0.1) is 17.2 Å². The molecule has 0 saturated carbocycles. The van der Waals surface area contributed by atoms with E-state index in [9.17, 15) is 14.9 Å². The van der Waals surface area contributed by atoms with Gasteiger partial charge in [-0.25, -0.2) is 9.65 Å². The SMILES string of the molecule is COc1ccc(C(OCC[C@@H](Cn2cnc3c(=O)[nH]c(NC(=O)C(C)C)nc32)OP(OCCC#N)N(C(C)C)C(C)C)(c2ccccc2)c2ccc(OC)cc2)cc1. The Morgan fingerprint density at radius 2 is 1.48 bits per heavy atom. The minimum Gasteiger partial charge on any atom is -0.497 e. The molecule has 0 radical (unpaired) electrons. The maximum atomic E-state index is 13.1. The number of ether oxygens (including phenoxy) is 3. The summed E-state index contributed by atoms with van der Waals surface area (Å²) >= 11 is 0. The van der Waals surface area contributed by atoms with Crippen LogP contribution in [0.3, 0.4) is 0 Å². The number of amides is 1. The van der Waals surface area contributed by atoms with Crippen LogP contribution < -0.4 is 20.3 Å². The van der Waals surface area contributed by atoms with Gasteiger partial charge in [0.15, 0.2) is 11.2 Å². The van der Waals surface area contributed by atoms with Crippen LogP contribution in [0.2, 0.25) is 0 Å². The van der Waals surface area contributed by atoms with Gasteiger partial charge in [0.2, 0.25) is 11.9 Å². The summed E-state index contributed by atoms with van der Waals surface area (Å²) in [6, 6.07) is 28.0. The van der Waals surface area contributed by atoms with Crippen molar-refractivity contribution in [3.63, 3.8) is 0 Å². The fourth-order valence-electron chi connectivity index (χ4n) is 6.64. The van der Waals surface area contributed by atoms with Gasteiger partial charge in [0.05, 0.1) is 58.9 Å². The van der Waals surface area contributed by atoms with Gasteiger partial charge in [-0.3, -0.25) is 19.9 Å². The van der Waals surface area contributed by atoms with Crippen molar-refractivity contribution in [1.29, 1.82) is 5.26 Å². The maximum Gasteiger partial charge on any atom is 0.280 e. The molecule has 1 amide bonds. The zero-order chi connectivity index (χ0) is 41.8. The number of aromatic nitrogens is 4. The minimum absolute atomic E-state index is 0.0262. The van der Waals surface area contributed by atoms with E-state index in [2.05, 4.69) is 58.7 Å². The summed E-state index contributed by atoms with van der Waals surface area (Å²) < 4.78 is 35.5. The molecular formula is C43H54N7O7P. The fourth-order valence-corrected chi connectivity index (χ4v) is 8.38. The molecule has 2 heterocycles. The van der Waals surface area contributed by atoms with Crippen molar-refractivity contribution in [2.75, 3.05) is 32.8 Å². The smallest absolute Gasteiger partial charge is 0.280 e. The number of nitrogens with one attached hydrogen (secondary N) is 2. The van der Waals surface area contributed by atoms with Crippen molar-refractivity contribution < 1.29 is 28.1 Å².